The first-order valence-corrected chi connectivity index (χ1v) is 6.74. The molecule has 2 aromatic rings. The fourth-order valence-corrected chi connectivity index (χ4v) is 1.89. The van der Waals surface area contributed by atoms with Crippen LogP contribution < -0.4 is 4.74 Å². The monoisotopic (exact) mass is 293 g/mol. The zero-order valence-electron chi connectivity index (χ0n) is 11.4. The average Bonchev–Trinajstić information content (AvgIpc) is 2.79. The van der Waals surface area contributed by atoms with Crippen molar-refractivity contribution in [1.29, 1.82) is 0 Å². The lowest BCUT2D eigenvalue weighted by Crippen LogP contribution is -2.12. The van der Waals surface area contributed by atoms with Gasteiger partial charge in [-0.15, -0.1) is 5.10 Å². The van der Waals surface area contributed by atoms with Crippen LogP contribution in [0.5, 0.6) is 5.75 Å². The maximum atomic E-state index is 11.0. The number of hydrogen-bond donors (Lipinski definition) is 0. The number of benzene rings is 1. The van der Waals surface area contributed by atoms with E-state index in [0.717, 1.165) is 0 Å². The number of aromatic nitrogens is 3. The van der Waals surface area contributed by atoms with Crippen molar-refractivity contribution in [3.8, 4) is 5.75 Å². The molecule has 0 aliphatic heterocycles. The summed E-state index contributed by atoms with van der Waals surface area (Å²) in [6.45, 7) is 5.09. The lowest BCUT2D eigenvalue weighted by molar-refractivity contribution is 0.111. The third-order valence-electron chi connectivity index (χ3n) is 2.71. The topological polar surface area (TPSA) is 57.0 Å². The van der Waals surface area contributed by atoms with Gasteiger partial charge in [-0.2, -0.15) is 0 Å². The number of carbonyl (C=O) groups excluding carboxylic acids is 1. The molecule has 6 heteroatoms. The summed E-state index contributed by atoms with van der Waals surface area (Å²) in [5.41, 5.74) is 1.00. The van der Waals surface area contributed by atoms with E-state index in [1.807, 2.05) is 0 Å². The molecular weight excluding hydrogens is 278 g/mol. The molecule has 0 spiro atoms. The Bertz CT molecular complexity index is 579. The molecule has 0 bridgehead atoms. The standard InChI is InChI=1S/C14H16ClN3O2/c1-10(2)7-18-14(13(8-19)16-17-18)9-20-12-5-3-11(15)4-6-12/h3-6,8,10H,7,9H2,1-2H3. The Balaban J connectivity index is 2.12. The van der Waals surface area contributed by atoms with Crippen LogP contribution in [0, 0.1) is 5.92 Å². The van der Waals surface area contributed by atoms with Gasteiger partial charge in [-0.25, -0.2) is 4.68 Å². The van der Waals surface area contributed by atoms with Crippen LogP contribution in [0.3, 0.4) is 0 Å². The highest BCUT2D eigenvalue weighted by molar-refractivity contribution is 6.30. The number of nitrogens with zero attached hydrogens (tertiary/aromatic N) is 3. The Morgan fingerprint density at radius 1 is 1.35 bits per heavy atom. The van der Waals surface area contributed by atoms with Crippen molar-refractivity contribution in [2.45, 2.75) is 27.0 Å². The van der Waals surface area contributed by atoms with Gasteiger partial charge in [0.1, 0.15) is 18.1 Å². The molecule has 2 rings (SSSR count). The fraction of sp³-hybridized carbons (Fsp3) is 0.357. The summed E-state index contributed by atoms with van der Waals surface area (Å²) < 4.78 is 7.36. The molecule has 0 fully saturated rings. The van der Waals surface area contributed by atoms with E-state index in [1.54, 1.807) is 28.9 Å². The van der Waals surface area contributed by atoms with E-state index in [9.17, 15) is 4.79 Å². The van der Waals surface area contributed by atoms with Gasteiger partial charge in [0.2, 0.25) is 0 Å². The maximum absolute atomic E-state index is 11.0. The molecule has 0 N–H and O–H groups in total. The number of aldehydes is 1. The first-order valence-electron chi connectivity index (χ1n) is 6.36. The molecule has 20 heavy (non-hydrogen) atoms. The lowest BCUT2D eigenvalue weighted by Gasteiger charge is -2.10. The van der Waals surface area contributed by atoms with E-state index in [1.165, 1.54) is 0 Å². The maximum Gasteiger partial charge on any atom is 0.172 e. The molecule has 1 aromatic carbocycles. The second-order valence-corrected chi connectivity index (χ2v) is 5.29. The van der Waals surface area contributed by atoms with Gasteiger partial charge in [-0.05, 0) is 30.2 Å². The second-order valence-electron chi connectivity index (χ2n) is 4.86. The van der Waals surface area contributed by atoms with E-state index >= 15 is 0 Å². The van der Waals surface area contributed by atoms with Crippen LogP contribution in [-0.4, -0.2) is 21.3 Å². The van der Waals surface area contributed by atoms with E-state index in [4.69, 9.17) is 16.3 Å². The van der Waals surface area contributed by atoms with Crippen molar-refractivity contribution in [2.24, 2.45) is 5.92 Å². The molecule has 0 atom stereocenters. The molecule has 1 heterocycles. The molecule has 1 aromatic heterocycles. The van der Waals surface area contributed by atoms with E-state index in [2.05, 4.69) is 24.2 Å². The van der Waals surface area contributed by atoms with Crippen molar-refractivity contribution in [1.82, 2.24) is 15.0 Å². The SMILES string of the molecule is CC(C)Cn1nnc(C=O)c1COc1ccc(Cl)cc1. The van der Waals surface area contributed by atoms with Gasteiger partial charge >= 0.3 is 0 Å². The molecule has 0 saturated heterocycles. The van der Waals surface area contributed by atoms with Crippen molar-refractivity contribution < 1.29 is 9.53 Å². The quantitative estimate of drug-likeness (QED) is 0.768. The number of hydrogen-bond acceptors (Lipinski definition) is 4. The van der Waals surface area contributed by atoms with Crippen LogP contribution in [0.2, 0.25) is 5.02 Å². The number of halogens is 1. The summed E-state index contributed by atoms with van der Waals surface area (Å²) in [5.74, 6) is 1.09. The minimum atomic E-state index is 0.245. The molecule has 0 aliphatic carbocycles. The first kappa shape index (κ1) is 14.5. The van der Waals surface area contributed by atoms with Crippen LogP contribution in [0.15, 0.2) is 24.3 Å². The summed E-state index contributed by atoms with van der Waals surface area (Å²) in [4.78, 5) is 11.0. The third kappa shape index (κ3) is 3.57. The lowest BCUT2D eigenvalue weighted by atomic mass is 10.2. The molecule has 0 radical (unpaired) electrons. The van der Waals surface area contributed by atoms with Crippen LogP contribution in [-0.2, 0) is 13.2 Å². The first-order chi connectivity index (χ1) is 9.60. The largest absolute Gasteiger partial charge is 0.487 e. The molecule has 106 valence electrons. The summed E-state index contributed by atoms with van der Waals surface area (Å²) in [6, 6.07) is 7.06. The predicted molar refractivity (Wildman–Crippen MR) is 76.0 cm³/mol. The van der Waals surface area contributed by atoms with Gasteiger partial charge in [0.25, 0.3) is 0 Å². The highest BCUT2D eigenvalue weighted by Crippen LogP contribution is 2.17. The number of ether oxygens (including phenoxy) is 1. The summed E-state index contributed by atoms with van der Waals surface area (Å²) in [7, 11) is 0. The minimum Gasteiger partial charge on any atom is -0.487 e. The van der Waals surface area contributed by atoms with Crippen LogP contribution in [0.25, 0.3) is 0 Å². The Morgan fingerprint density at radius 2 is 2.05 bits per heavy atom. The molecule has 0 unspecified atom stereocenters. The van der Waals surface area contributed by atoms with Crippen LogP contribution in [0.4, 0.5) is 0 Å². The third-order valence-corrected chi connectivity index (χ3v) is 2.96. The highest BCUT2D eigenvalue weighted by atomic mass is 35.5. The molecule has 5 nitrogen and oxygen atoms in total. The Labute approximate surface area is 122 Å². The van der Waals surface area contributed by atoms with Gasteiger partial charge in [0.05, 0.1) is 0 Å². The second kappa shape index (κ2) is 6.52. The molecule has 0 aliphatic rings. The van der Waals surface area contributed by atoms with Crippen LogP contribution in [0.1, 0.15) is 30.0 Å². The van der Waals surface area contributed by atoms with E-state index in [0.29, 0.717) is 40.9 Å². The van der Waals surface area contributed by atoms with E-state index < -0.39 is 0 Å². The minimum absolute atomic E-state index is 0.245. The fourth-order valence-electron chi connectivity index (χ4n) is 1.76. The summed E-state index contributed by atoms with van der Waals surface area (Å²) in [5, 5.41) is 8.50. The van der Waals surface area contributed by atoms with Gasteiger partial charge in [-0.3, -0.25) is 4.79 Å². The smallest absolute Gasteiger partial charge is 0.172 e. The molecule has 0 amide bonds. The zero-order chi connectivity index (χ0) is 14.5. The van der Waals surface area contributed by atoms with Crippen molar-refractivity contribution in [2.75, 3.05) is 0 Å². The Kier molecular flexibility index (Phi) is 4.74. The van der Waals surface area contributed by atoms with Crippen LogP contribution >= 0.6 is 11.6 Å². The summed E-state index contributed by atoms with van der Waals surface area (Å²) in [6.07, 6.45) is 0.699. The van der Waals surface area contributed by atoms with E-state index in [-0.39, 0.29) is 6.61 Å². The van der Waals surface area contributed by atoms with Gasteiger partial charge in [-0.1, -0.05) is 30.7 Å². The normalized spacial score (nSPS) is 10.8. The molecular formula is C14H16ClN3O2. The van der Waals surface area contributed by atoms with Crippen molar-refractivity contribution in [3.05, 3.63) is 40.7 Å². The van der Waals surface area contributed by atoms with Crippen molar-refractivity contribution in [3.63, 3.8) is 0 Å². The molecule has 0 saturated carbocycles. The highest BCUT2D eigenvalue weighted by Gasteiger charge is 2.14. The summed E-state index contributed by atoms with van der Waals surface area (Å²) >= 11 is 5.82. The Hall–Kier alpha value is -1.88. The van der Waals surface area contributed by atoms with Crippen molar-refractivity contribution >= 4 is 17.9 Å². The Morgan fingerprint density at radius 3 is 2.65 bits per heavy atom. The van der Waals surface area contributed by atoms with Gasteiger partial charge < -0.3 is 4.74 Å². The number of rotatable bonds is 6. The zero-order valence-corrected chi connectivity index (χ0v) is 12.2. The average molecular weight is 294 g/mol. The number of carbonyl (C=O) groups is 1. The van der Waals surface area contributed by atoms with Gasteiger partial charge in [0.15, 0.2) is 12.0 Å². The van der Waals surface area contributed by atoms with Gasteiger partial charge in [0, 0.05) is 11.6 Å². The predicted octanol–water partition coefficient (Wildman–Crippen LogP) is 2.98.